The maximum Gasteiger partial charge on any atom is 0.273 e. The van der Waals surface area contributed by atoms with E-state index in [0.29, 0.717) is 12.3 Å². The summed E-state index contributed by atoms with van der Waals surface area (Å²) >= 11 is 3.41. The molecule has 1 aliphatic rings. The highest BCUT2D eigenvalue weighted by molar-refractivity contribution is 9.10. The van der Waals surface area contributed by atoms with Crippen LogP contribution < -0.4 is 5.32 Å². The number of halogens is 1. The van der Waals surface area contributed by atoms with Gasteiger partial charge in [-0.05, 0) is 31.3 Å². The maximum atomic E-state index is 12.7. The summed E-state index contributed by atoms with van der Waals surface area (Å²) in [6, 6.07) is 13.1. The van der Waals surface area contributed by atoms with Gasteiger partial charge in [0.05, 0.1) is 12.3 Å². The molecule has 7 nitrogen and oxygen atoms in total. The summed E-state index contributed by atoms with van der Waals surface area (Å²) in [5, 5.41) is 6.92. The van der Waals surface area contributed by atoms with Crippen molar-refractivity contribution in [1.82, 2.24) is 20.3 Å². The highest BCUT2D eigenvalue weighted by Crippen LogP contribution is 2.24. The molecule has 0 aliphatic carbocycles. The lowest BCUT2D eigenvalue weighted by Crippen LogP contribution is -2.48. The van der Waals surface area contributed by atoms with Crippen LogP contribution in [0.5, 0.6) is 0 Å². The number of hydrogen-bond donors (Lipinski definition) is 1. The van der Waals surface area contributed by atoms with Crippen molar-refractivity contribution in [3.63, 3.8) is 0 Å². The van der Waals surface area contributed by atoms with Gasteiger partial charge < -0.3 is 19.2 Å². The van der Waals surface area contributed by atoms with Crippen LogP contribution in [0.4, 0.5) is 0 Å². The summed E-state index contributed by atoms with van der Waals surface area (Å²) < 4.78 is 12.0. The summed E-state index contributed by atoms with van der Waals surface area (Å²) in [4.78, 5) is 17.3. The average Bonchev–Trinajstić information content (AvgIpc) is 3.42. The van der Waals surface area contributed by atoms with Crippen molar-refractivity contribution < 1.29 is 13.7 Å². The number of carbonyl (C=O) groups excluding carboxylic acids is 1. The van der Waals surface area contributed by atoms with Crippen LogP contribution in [-0.2, 0) is 0 Å². The Morgan fingerprint density at radius 3 is 2.66 bits per heavy atom. The molecule has 1 aromatic carbocycles. The number of benzene rings is 1. The minimum absolute atomic E-state index is 0.0134. The molecule has 8 heteroatoms. The third-order valence-electron chi connectivity index (χ3n) is 5.18. The molecule has 0 saturated carbocycles. The van der Waals surface area contributed by atoms with E-state index in [1.54, 1.807) is 12.3 Å². The van der Waals surface area contributed by atoms with Gasteiger partial charge in [0.2, 0.25) is 0 Å². The molecule has 0 spiro atoms. The molecule has 1 fully saturated rings. The Morgan fingerprint density at radius 1 is 1.21 bits per heavy atom. The smallest absolute Gasteiger partial charge is 0.273 e. The zero-order valence-corrected chi connectivity index (χ0v) is 17.8. The molecule has 3 heterocycles. The normalized spacial score (nSPS) is 16.6. The zero-order chi connectivity index (χ0) is 20.2. The maximum absolute atomic E-state index is 12.7. The molecule has 1 aliphatic heterocycles. The number of aromatic nitrogens is 1. The number of hydrogen-bond acceptors (Lipinski definition) is 6. The summed E-state index contributed by atoms with van der Waals surface area (Å²) in [7, 11) is 2.12. The van der Waals surface area contributed by atoms with Gasteiger partial charge in [0.1, 0.15) is 5.76 Å². The van der Waals surface area contributed by atoms with Crippen molar-refractivity contribution in [2.75, 3.05) is 39.8 Å². The van der Waals surface area contributed by atoms with E-state index < -0.39 is 0 Å². The van der Waals surface area contributed by atoms with Crippen molar-refractivity contribution in [2.24, 2.45) is 0 Å². The van der Waals surface area contributed by atoms with Crippen LogP contribution in [0.25, 0.3) is 11.3 Å². The number of amides is 1. The Kier molecular flexibility index (Phi) is 6.13. The Bertz CT molecular complexity index is 931. The van der Waals surface area contributed by atoms with Gasteiger partial charge in [0.15, 0.2) is 11.5 Å². The first-order chi connectivity index (χ1) is 14.1. The highest BCUT2D eigenvalue weighted by Gasteiger charge is 2.27. The molecule has 1 N–H and O–H groups in total. The Morgan fingerprint density at radius 2 is 1.97 bits per heavy atom. The van der Waals surface area contributed by atoms with E-state index in [2.05, 4.69) is 43.3 Å². The fourth-order valence-corrected chi connectivity index (χ4v) is 3.70. The standard InChI is InChI=1S/C21H23BrN4O3/c1-25-8-10-26(11-9-25)18(19-3-2-12-28-19)14-23-21(27)17-13-20(29-24-17)15-4-6-16(22)7-5-15/h2-7,12-13,18H,8-11,14H2,1H3,(H,23,27)/t18-/m0/s1. The van der Waals surface area contributed by atoms with Crippen LogP contribution in [0.15, 0.2) is 62.1 Å². The van der Waals surface area contributed by atoms with Gasteiger partial charge in [-0.3, -0.25) is 9.69 Å². The van der Waals surface area contributed by atoms with Gasteiger partial charge in [-0.15, -0.1) is 0 Å². The molecule has 152 valence electrons. The lowest BCUT2D eigenvalue weighted by molar-refractivity contribution is 0.0845. The molecule has 0 unspecified atom stereocenters. The lowest BCUT2D eigenvalue weighted by atomic mass is 10.1. The van der Waals surface area contributed by atoms with Crippen LogP contribution in [-0.4, -0.2) is 60.6 Å². The molecule has 0 radical (unpaired) electrons. The number of nitrogens with zero attached hydrogens (tertiary/aromatic N) is 3. The Hall–Kier alpha value is -2.42. The number of furan rings is 1. The van der Waals surface area contributed by atoms with Gasteiger partial charge >= 0.3 is 0 Å². The van der Waals surface area contributed by atoms with E-state index in [4.69, 9.17) is 8.94 Å². The first-order valence-electron chi connectivity index (χ1n) is 9.57. The fraction of sp³-hybridized carbons (Fsp3) is 0.333. The van der Waals surface area contributed by atoms with E-state index in [9.17, 15) is 4.79 Å². The molecule has 2 aromatic heterocycles. The quantitative estimate of drug-likeness (QED) is 0.609. The Balaban J connectivity index is 1.42. The first kappa shape index (κ1) is 19.9. The molecule has 29 heavy (non-hydrogen) atoms. The highest BCUT2D eigenvalue weighted by atomic mass is 79.9. The van der Waals surface area contributed by atoms with Gasteiger partial charge in [0, 0.05) is 48.8 Å². The molecule has 1 saturated heterocycles. The summed E-state index contributed by atoms with van der Waals surface area (Å²) in [6.45, 7) is 4.28. The number of rotatable bonds is 6. The third-order valence-corrected chi connectivity index (χ3v) is 5.71. The van der Waals surface area contributed by atoms with Crippen LogP contribution in [0.3, 0.4) is 0 Å². The van der Waals surface area contributed by atoms with Crippen molar-refractivity contribution in [3.8, 4) is 11.3 Å². The van der Waals surface area contributed by atoms with E-state index in [-0.39, 0.29) is 17.6 Å². The van der Waals surface area contributed by atoms with Gasteiger partial charge in [-0.1, -0.05) is 33.2 Å². The molecule has 1 amide bonds. The van der Waals surface area contributed by atoms with Gasteiger partial charge in [0.25, 0.3) is 5.91 Å². The summed E-state index contributed by atoms with van der Waals surface area (Å²) in [6.07, 6.45) is 1.67. The van der Waals surface area contributed by atoms with E-state index >= 15 is 0 Å². The lowest BCUT2D eigenvalue weighted by Gasteiger charge is -2.37. The average molecular weight is 459 g/mol. The van der Waals surface area contributed by atoms with Crippen LogP contribution >= 0.6 is 15.9 Å². The topological polar surface area (TPSA) is 74.8 Å². The summed E-state index contributed by atoms with van der Waals surface area (Å²) in [5.41, 5.74) is 1.13. The monoisotopic (exact) mass is 458 g/mol. The van der Waals surface area contributed by atoms with Crippen LogP contribution in [0, 0.1) is 0 Å². The van der Waals surface area contributed by atoms with Crippen molar-refractivity contribution >= 4 is 21.8 Å². The number of likely N-dealkylation sites (N-methyl/N-ethyl adjacent to an activating group) is 1. The van der Waals surface area contributed by atoms with Crippen molar-refractivity contribution in [2.45, 2.75) is 6.04 Å². The number of nitrogens with one attached hydrogen (secondary N) is 1. The first-order valence-corrected chi connectivity index (χ1v) is 10.4. The summed E-state index contributed by atoms with van der Waals surface area (Å²) in [5.74, 6) is 1.15. The SMILES string of the molecule is CN1CCN([C@@H](CNC(=O)c2cc(-c3ccc(Br)cc3)on2)c2ccco2)CC1. The minimum atomic E-state index is -0.261. The minimum Gasteiger partial charge on any atom is -0.468 e. The van der Waals surface area contributed by atoms with Crippen molar-refractivity contribution in [3.05, 3.63) is 64.7 Å². The molecule has 4 rings (SSSR count). The van der Waals surface area contributed by atoms with E-state index in [1.807, 2.05) is 36.4 Å². The second-order valence-corrected chi connectivity index (χ2v) is 8.08. The predicted molar refractivity (Wildman–Crippen MR) is 112 cm³/mol. The third kappa shape index (κ3) is 4.77. The molecule has 3 aromatic rings. The van der Waals surface area contributed by atoms with Gasteiger partial charge in [-0.2, -0.15) is 0 Å². The second-order valence-electron chi connectivity index (χ2n) is 7.16. The van der Waals surface area contributed by atoms with Gasteiger partial charge in [-0.25, -0.2) is 0 Å². The second kappa shape index (κ2) is 8.94. The Labute approximate surface area is 177 Å². The molecular formula is C21H23BrN4O3. The molecule has 1 atom stereocenters. The molecular weight excluding hydrogens is 436 g/mol. The number of piperazine rings is 1. The van der Waals surface area contributed by atoms with Crippen LogP contribution in [0.1, 0.15) is 22.3 Å². The zero-order valence-electron chi connectivity index (χ0n) is 16.2. The predicted octanol–water partition coefficient (Wildman–Crippen LogP) is 3.42. The van der Waals surface area contributed by atoms with Crippen LogP contribution in [0.2, 0.25) is 0 Å². The van der Waals surface area contributed by atoms with E-state index in [1.165, 1.54) is 0 Å². The largest absolute Gasteiger partial charge is 0.468 e. The van der Waals surface area contributed by atoms with Crippen molar-refractivity contribution in [1.29, 1.82) is 0 Å². The fourth-order valence-electron chi connectivity index (χ4n) is 3.44. The number of carbonyl (C=O) groups is 1. The van der Waals surface area contributed by atoms with E-state index in [0.717, 1.165) is 42.0 Å². The molecule has 0 bridgehead atoms.